The fraction of sp³-hybridized carbons (Fsp3) is 0.292. The zero-order chi connectivity index (χ0) is 28.5. The zero-order valence-corrected chi connectivity index (χ0v) is 22.1. The van der Waals surface area contributed by atoms with Gasteiger partial charge in [0.1, 0.15) is 5.69 Å². The Bertz CT molecular complexity index is 1520. The Morgan fingerprint density at radius 3 is 2.59 bits per heavy atom. The van der Waals surface area contributed by atoms with Crippen LogP contribution in [0.3, 0.4) is 0 Å². The van der Waals surface area contributed by atoms with Gasteiger partial charge in [-0.2, -0.15) is 18.3 Å². The average molecular weight is 564 g/mol. The first-order valence-corrected chi connectivity index (χ1v) is 12.0. The summed E-state index contributed by atoms with van der Waals surface area (Å²) in [4.78, 5) is 33.4. The van der Waals surface area contributed by atoms with E-state index in [9.17, 15) is 22.8 Å². The van der Waals surface area contributed by atoms with E-state index in [-0.39, 0.29) is 33.3 Å². The lowest BCUT2D eigenvalue weighted by atomic mass is 10.1. The third-order valence-corrected chi connectivity index (χ3v) is 6.33. The first kappa shape index (κ1) is 28.0. The van der Waals surface area contributed by atoms with E-state index in [1.807, 2.05) is 12.0 Å². The summed E-state index contributed by atoms with van der Waals surface area (Å²) in [5.41, 5.74) is -1.46. The SMILES string of the molecule is CCN(N(C)C)[C@](C)(C=O)NC(=O)c1ccc(Nc2nccn3c(-c4cn[nH]c4C(F)(F)F)cnc23)cc1Cl. The van der Waals surface area contributed by atoms with E-state index < -0.39 is 23.4 Å². The molecule has 0 bridgehead atoms. The summed E-state index contributed by atoms with van der Waals surface area (Å²) in [6.45, 7) is 3.89. The van der Waals surface area contributed by atoms with Crippen molar-refractivity contribution in [3.63, 3.8) is 0 Å². The molecule has 4 rings (SSSR count). The van der Waals surface area contributed by atoms with E-state index in [1.54, 1.807) is 37.1 Å². The van der Waals surface area contributed by atoms with E-state index in [4.69, 9.17) is 11.6 Å². The van der Waals surface area contributed by atoms with Crippen molar-refractivity contribution in [1.82, 2.24) is 39.9 Å². The molecule has 0 aliphatic carbocycles. The van der Waals surface area contributed by atoms with Crippen molar-refractivity contribution in [3.8, 4) is 11.3 Å². The van der Waals surface area contributed by atoms with Gasteiger partial charge in [0.2, 0.25) is 0 Å². The molecule has 0 aliphatic heterocycles. The molecule has 0 spiro atoms. The molecule has 3 heterocycles. The third-order valence-electron chi connectivity index (χ3n) is 6.02. The highest BCUT2D eigenvalue weighted by Gasteiger charge is 2.37. The second-order valence-electron chi connectivity index (χ2n) is 8.87. The number of carbonyl (C=O) groups is 2. The predicted molar refractivity (Wildman–Crippen MR) is 138 cm³/mol. The summed E-state index contributed by atoms with van der Waals surface area (Å²) < 4.78 is 41.6. The number of likely N-dealkylation sites (N-methyl/N-ethyl adjacent to an activating group) is 1. The van der Waals surface area contributed by atoms with Gasteiger partial charge in [-0.25, -0.2) is 20.0 Å². The van der Waals surface area contributed by atoms with Gasteiger partial charge in [-0.3, -0.25) is 19.1 Å². The molecule has 1 amide bonds. The number of aromatic amines is 1. The van der Waals surface area contributed by atoms with Crippen LogP contribution in [0.2, 0.25) is 5.02 Å². The van der Waals surface area contributed by atoms with Crippen LogP contribution in [-0.4, -0.2) is 73.1 Å². The summed E-state index contributed by atoms with van der Waals surface area (Å²) >= 11 is 6.42. The molecule has 39 heavy (non-hydrogen) atoms. The molecule has 15 heteroatoms. The number of carbonyl (C=O) groups excluding carboxylic acids is 2. The van der Waals surface area contributed by atoms with Crippen molar-refractivity contribution in [3.05, 3.63) is 59.3 Å². The molecule has 11 nitrogen and oxygen atoms in total. The van der Waals surface area contributed by atoms with Crippen LogP contribution >= 0.6 is 11.6 Å². The van der Waals surface area contributed by atoms with Gasteiger partial charge in [0, 0.05) is 38.7 Å². The van der Waals surface area contributed by atoms with Crippen molar-refractivity contribution in [2.24, 2.45) is 0 Å². The van der Waals surface area contributed by atoms with Crippen molar-refractivity contribution in [2.75, 3.05) is 26.0 Å². The van der Waals surface area contributed by atoms with Crippen molar-refractivity contribution in [1.29, 1.82) is 0 Å². The normalized spacial score (nSPS) is 13.6. The molecule has 0 radical (unpaired) electrons. The van der Waals surface area contributed by atoms with Crippen LogP contribution in [0.5, 0.6) is 0 Å². The number of aldehydes is 1. The number of aromatic nitrogens is 5. The maximum absolute atomic E-state index is 13.4. The monoisotopic (exact) mass is 563 g/mol. The van der Waals surface area contributed by atoms with Gasteiger partial charge in [-0.15, -0.1) is 0 Å². The molecule has 1 atom stereocenters. The smallest absolute Gasteiger partial charge is 0.337 e. The van der Waals surface area contributed by atoms with Gasteiger partial charge >= 0.3 is 6.18 Å². The first-order chi connectivity index (χ1) is 18.4. The quantitative estimate of drug-likeness (QED) is 0.159. The van der Waals surface area contributed by atoms with E-state index in [0.717, 1.165) is 6.20 Å². The number of nitrogens with one attached hydrogen (secondary N) is 3. The molecule has 0 saturated heterocycles. The second kappa shape index (κ2) is 10.6. The summed E-state index contributed by atoms with van der Waals surface area (Å²) in [5, 5.41) is 14.7. The van der Waals surface area contributed by atoms with Crippen LogP contribution in [0.1, 0.15) is 29.9 Å². The molecule has 0 fully saturated rings. The van der Waals surface area contributed by atoms with Crippen LogP contribution in [0.25, 0.3) is 16.9 Å². The molecular formula is C24H25ClF3N9O2. The standard InChI is InChI=1S/C24H25ClF3N9O2/c1-5-37(35(3)4)23(2,13-38)33-22(39)15-7-6-14(10-17(15)25)32-20-21-30-12-18(36(21)9-8-29-20)16-11-31-34-19(16)24(26,27)28/h6-13H,5H2,1-4H3,(H,29,32)(H,31,34)(H,33,39)/t23-/m1/s1. The number of nitrogens with zero attached hydrogens (tertiary/aromatic N) is 6. The van der Waals surface area contributed by atoms with E-state index >= 15 is 0 Å². The number of hydrogen-bond acceptors (Lipinski definition) is 8. The van der Waals surface area contributed by atoms with Gasteiger partial charge in [-0.1, -0.05) is 18.5 Å². The lowest BCUT2D eigenvalue weighted by molar-refractivity contribution is -0.140. The minimum absolute atomic E-state index is 0.0999. The van der Waals surface area contributed by atoms with Crippen LogP contribution in [0.15, 0.2) is 43.0 Å². The van der Waals surface area contributed by atoms with Crippen molar-refractivity contribution >= 4 is 40.9 Å². The highest BCUT2D eigenvalue weighted by molar-refractivity contribution is 6.34. The summed E-state index contributed by atoms with van der Waals surface area (Å²) in [5.74, 6) is -0.313. The van der Waals surface area contributed by atoms with Crippen LogP contribution in [0.4, 0.5) is 24.7 Å². The topological polar surface area (TPSA) is 124 Å². The number of rotatable bonds is 9. The number of hydrogen-bond donors (Lipinski definition) is 3. The van der Waals surface area contributed by atoms with Crippen molar-refractivity contribution < 1.29 is 22.8 Å². The predicted octanol–water partition coefficient (Wildman–Crippen LogP) is 3.98. The molecule has 0 aliphatic rings. The Labute approximate surface area is 225 Å². The fourth-order valence-corrected chi connectivity index (χ4v) is 4.56. The van der Waals surface area contributed by atoms with Crippen LogP contribution < -0.4 is 10.6 Å². The molecule has 3 aromatic heterocycles. The molecule has 4 aromatic rings. The van der Waals surface area contributed by atoms with Gasteiger partial charge in [-0.05, 0) is 25.1 Å². The summed E-state index contributed by atoms with van der Waals surface area (Å²) in [7, 11) is 3.51. The molecular weight excluding hydrogens is 539 g/mol. The second-order valence-corrected chi connectivity index (χ2v) is 9.28. The van der Waals surface area contributed by atoms with Gasteiger partial charge in [0.25, 0.3) is 5.91 Å². The third kappa shape index (κ3) is 5.44. The Hall–Kier alpha value is -4.01. The zero-order valence-electron chi connectivity index (χ0n) is 21.3. The van der Waals surface area contributed by atoms with Crippen LogP contribution in [-0.2, 0) is 11.0 Å². The molecule has 1 aromatic carbocycles. The molecule has 0 unspecified atom stereocenters. The maximum atomic E-state index is 13.4. The minimum Gasteiger partial charge on any atom is -0.337 e. The Balaban J connectivity index is 1.60. The summed E-state index contributed by atoms with van der Waals surface area (Å²) in [6, 6.07) is 4.55. The van der Waals surface area contributed by atoms with E-state index in [1.165, 1.54) is 35.1 Å². The lowest BCUT2D eigenvalue weighted by Crippen LogP contribution is -2.63. The average Bonchev–Trinajstić information content (AvgIpc) is 3.52. The number of halogens is 4. The Kier molecular flexibility index (Phi) is 7.63. The number of fused-ring (bicyclic) bond motifs is 1. The van der Waals surface area contributed by atoms with Gasteiger partial charge in [0.15, 0.2) is 23.4 Å². The highest BCUT2D eigenvalue weighted by Crippen LogP contribution is 2.36. The number of benzene rings is 1. The Morgan fingerprint density at radius 1 is 1.23 bits per heavy atom. The maximum Gasteiger partial charge on any atom is 0.433 e. The largest absolute Gasteiger partial charge is 0.433 e. The molecule has 206 valence electrons. The molecule has 3 N–H and O–H groups in total. The lowest BCUT2D eigenvalue weighted by Gasteiger charge is -2.40. The molecule has 0 saturated carbocycles. The first-order valence-electron chi connectivity index (χ1n) is 11.6. The van der Waals surface area contributed by atoms with E-state index in [0.29, 0.717) is 18.5 Å². The number of imidazole rings is 1. The summed E-state index contributed by atoms with van der Waals surface area (Å²) in [6.07, 6.45) is 1.27. The van der Waals surface area contributed by atoms with E-state index in [2.05, 4.69) is 25.7 Å². The number of anilines is 2. The number of H-pyrrole nitrogens is 1. The highest BCUT2D eigenvalue weighted by atomic mass is 35.5. The fourth-order valence-electron chi connectivity index (χ4n) is 4.30. The van der Waals surface area contributed by atoms with Gasteiger partial charge < -0.3 is 10.6 Å². The van der Waals surface area contributed by atoms with Crippen molar-refractivity contribution in [2.45, 2.75) is 25.7 Å². The number of alkyl halides is 3. The Morgan fingerprint density at radius 2 is 1.97 bits per heavy atom. The van der Waals surface area contributed by atoms with Crippen LogP contribution in [0, 0.1) is 0 Å². The number of amides is 1. The minimum atomic E-state index is -4.63. The number of hydrazine groups is 1. The van der Waals surface area contributed by atoms with Gasteiger partial charge in [0.05, 0.1) is 34.2 Å².